The summed E-state index contributed by atoms with van der Waals surface area (Å²) in [5.41, 5.74) is -0.233. The molecule has 6 nitrogen and oxygen atoms in total. The van der Waals surface area contributed by atoms with Gasteiger partial charge in [0.15, 0.2) is 0 Å². The van der Waals surface area contributed by atoms with E-state index in [1.165, 1.54) is 0 Å². The first-order chi connectivity index (χ1) is 7.81. The molecule has 17 heavy (non-hydrogen) atoms. The van der Waals surface area contributed by atoms with Gasteiger partial charge in [-0.2, -0.15) is 5.26 Å². The minimum atomic E-state index is -0.593. The maximum absolute atomic E-state index is 9.60. The molecule has 1 aliphatic rings. The topological polar surface area (TPSA) is 91.9 Å². The first-order valence-corrected chi connectivity index (χ1v) is 5.68. The highest BCUT2D eigenvalue weighted by Crippen LogP contribution is 2.12. The fourth-order valence-electron chi connectivity index (χ4n) is 1.78. The van der Waals surface area contributed by atoms with Crippen molar-refractivity contribution < 1.29 is 10.2 Å². The fourth-order valence-corrected chi connectivity index (χ4v) is 1.78. The van der Waals surface area contributed by atoms with Crippen molar-refractivity contribution in [1.82, 2.24) is 10.2 Å². The number of guanidine groups is 1. The van der Waals surface area contributed by atoms with Crippen LogP contribution in [0.3, 0.4) is 0 Å². The quantitative estimate of drug-likeness (QED) is 0.305. The maximum atomic E-state index is 9.60. The molecule has 0 radical (unpaired) electrons. The van der Waals surface area contributed by atoms with Crippen LogP contribution in [0.25, 0.3) is 0 Å². The predicted octanol–water partition coefficient (Wildman–Crippen LogP) is -0.361. The highest BCUT2D eigenvalue weighted by Gasteiger charge is 2.28. The number of nitriles is 1. The van der Waals surface area contributed by atoms with Crippen molar-refractivity contribution >= 4 is 5.96 Å². The zero-order valence-electron chi connectivity index (χ0n) is 10.5. The Bertz CT molecular complexity index is 319. The van der Waals surface area contributed by atoms with Gasteiger partial charge in [0, 0.05) is 25.0 Å². The summed E-state index contributed by atoms with van der Waals surface area (Å²) in [5.74, 6) is 0.401. The van der Waals surface area contributed by atoms with E-state index in [-0.39, 0.29) is 5.54 Å². The van der Waals surface area contributed by atoms with Gasteiger partial charge >= 0.3 is 0 Å². The molecule has 0 aromatic heterocycles. The molecular formula is C11H20N4O2. The Morgan fingerprint density at radius 1 is 1.35 bits per heavy atom. The number of nitrogens with zero attached hydrogens (tertiary/aromatic N) is 3. The summed E-state index contributed by atoms with van der Waals surface area (Å²) in [6.45, 7) is 6.62. The summed E-state index contributed by atoms with van der Waals surface area (Å²) in [6, 6.07) is 0. The Morgan fingerprint density at radius 3 is 2.29 bits per heavy atom. The smallest absolute Gasteiger partial charge is 0.210 e. The molecular weight excluding hydrogens is 220 g/mol. The second-order valence-electron chi connectivity index (χ2n) is 5.36. The zero-order chi connectivity index (χ0) is 13.1. The summed E-state index contributed by atoms with van der Waals surface area (Å²) in [4.78, 5) is 5.42. The van der Waals surface area contributed by atoms with E-state index in [4.69, 9.17) is 5.26 Å². The van der Waals surface area contributed by atoms with Gasteiger partial charge in [0.2, 0.25) is 12.2 Å². The lowest BCUT2D eigenvalue weighted by Crippen LogP contribution is -2.56. The number of nitrogens with one attached hydrogen (secondary N) is 1. The molecule has 0 bridgehead atoms. The zero-order valence-corrected chi connectivity index (χ0v) is 10.5. The van der Waals surface area contributed by atoms with Crippen molar-refractivity contribution in [3.63, 3.8) is 0 Å². The van der Waals surface area contributed by atoms with Crippen LogP contribution in [0.2, 0.25) is 0 Å². The monoisotopic (exact) mass is 240 g/mol. The molecule has 96 valence electrons. The van der Waals surface area contributed by atoms with Crippen molar-refractivity contribution in [1.29, 1.82) is 5.26 Å². The van der Waals surface area contributed by atoms with E-state index in [2.05, 4.69) is 10.3 Å². The van der Waals surface area contributed by atoms with Gasteiger partial charge in [-0.1, -0.05) is 0 Å². The van der Waals surface area contributed by atoms with E-state index in [1.807, 2.05) is 20.8 Å². The standard InChI is InChI=1S/C11H20N4O2/c1-11(2,3)14-10(13-7-12)15-5-8(16)4-9(17)6-15/h8-9,16-17H,4-6H2,1-3H3,(H,13,14)/t8-,9+. The summed E-state index contributed by atoms with van der Waals surface area (Å²) < 4.78 is 0. The molecule has 1 saturated heterocycles. The van der Waals surface area contributed by atoms with Crippen molar-refractivity contribution in [2.45, 2.75) is 44.9 Å². The molecule has 0 unspecified atom stereocenters. The Hall–Kier alpha value is -1.32. The lowest BCUT2D eigenvalue weighted by atomic mass is 10.1. The SMILES string of the molecule is CC(C)(C)N/C(=N/C#N)N1C[C@H](O)C[C@H](O)C1. The lowest BCUT2D eigenvalue weighted by Gasteiger charge is -2.37. The third kappa shape index (κ3) is 4.59. The first kappa shape index (κ1) is 13.7. The summed E-state index contributed by atoms with van der Waals surface area (Å²) in [5, 5.41) is 31.0. The fraction of sp³-hybridized carbons (Fsp3) is 0.818. The molecule has 0 spiro atoms. The average molecular weight is 240 g/mol. The van der Waals surface area contributed by atoms with E-state index in [9.17, 15) is 10.2 Å². The average Bonchev–Trinajstić information content (AvgIpc) is 2.13. The minimum Gasteiger partial charge on any atom is -0.391 e. The van der Waals surface area contributed by atoms with E-state index in [1.54, 1.807) is 11.1 Å². The second kappa shape index (κ2) is 5.34. The molecule has 6 heteroatoms. The van der Waals surface area contributed by atoms with Gasteiger partial charge in [0.25, 0.3) is 0 Å². The van der Waals surface area contributed by atoms with Crippen molar-refractivity contribution in [3.8, 4) is 6.19 Å². The van der Waals surface area contributed by atoms with Gasteiger partial charge in [0.1, 0.15) is 0 Å². The molecule has 1 aliphatic heterocycles. The number of hydrogen-bond donors (Lipinski definition) is 3. The van der Waals surface area contributed by atoms with Gasteiger partial charge in [0.05, 0.1) is 12.2 Å². The first-order valence-electron chi connectivity index (χ1n) is 5.68. The highest BCUT2D eigenvalue weighted by atomic mass is 16.3. The van der Waals surface area contributed by atoms with Gasteiger partial charge in [-0.15, -0.1) is 4.99 Å². The molecule has 0 aliphatic carbocycles. The third-order valence-corrected chi connectivity index (χ3v) is 2.35. The van der Waals surface area contributed by atoms with Gasteiger partial charge in [-0.3, -0.25) is 0 Å². The molecule has 0 aromatic carbocycles. The van der Waals surface area contributed by atoms with Crippen LogP contribution in [-0.4, -0.2) is 51.9 Å². The lowest BCUT2D eigenvalue weighted by molar-refractivity contribution is 0.0153. The van der Waals surface area contributed by atoms with Crippen LogP contribution in [0.15, 0.2) is 4.99 Å². The number of aliphatic hydroxyl groups is 2. The molecule has 1 heterocycles. The van der Waals surface area contributed by atoms with E-state index in [0.717, 1.165) is 0 Å². The normalized spacial score (nSPS) is 26.6. The molecule has 3 N–H and O–H groups in total. The molecule has 1 rings (SSSR count). The largest absolute Gasteiger partial charge is 0.391 e. The van der Waals surface area contributed by atoms with E-state index in [0.29, 0.717) is 25.5 Å². The molecule has 0 saturated carbocycles. The number of aliphatic imine (C=N–C) groups is 1. The van der Waals surface area contributed by atoms with Crippen LogP contribution < -0.4 is 5.32 Å². The van der Waals surface area contributed by atoms with Crippen LogP contribution in [-0.2, 0) is 0 Å². The molecule has 1 fully saturated rings. The predicted molar refractivity (Wildman–Crippen MR) is 64.1 cm³/mol. The summed E-state index contributed by atoms with van der Waals surface area (Å²) in [7, 11) is 0. The summed E-state index contributed by atoms with van der Waals surface area (Å²) >= 11 is 0. The Balaban J connectivity index is 2.78. The van der Waals surface area contributed by atoms with Crippen molar-refractivity contribution in [2.24, 2.45) is 4.99 Å². The maximum Gasteiger partial charge on any atom is 0.210 e. The van der Waals surface area contributed by atoms with Crippen LogP contribution >= 0.6 is 0 Å². The van der Waals surface area contributed by atoms with Crippen molar-refractivity contribution in [3.05, 3.63) is 0 Å². The molecule has 2 atom stereocenters. The molecule has 0 aromatic rings. The van der Waals surface area contributed by atoms with Crippen LogP contribution in [0.4, 0.5) is 0 Å². The van der Waals surface area contributed by atoms with Gasteiger partial charge < -0.3 is 20.4 Å². The third-order valence-electron chi connectivity index (χ3n) is 2.35. The van der Waals surface area contributed by atoms with E-state index < -0.39 is 12.2 Å². The van der Waals surface area contributed by atoms with Gasteiger partial charge in [-0.05, 0) is 20.8 Å². The molecule has 0 amide bonds. The van der Waals surface area contributed by atoms with Crippen molar-refractivity contribution in [2.75, 3.05) is 13.1 Å². The highest BCUT2D eigenvalue weighted by molar-refractivity contribution is 5.81. The Labute approximate surface area is 102 Å². The second-order valence-corrected chi connectivity index (χ2v) is 5.36. The van der Waals surface area contributed by atoms with Crippen LogP contribution in [0.5, 0.6) is 0 Å². The number of aliphatic hydroxyl groups excluding tert-OH is 2. The van der Waals surface area contributed by atoms with Crippen LogP contribution in [0, 0.1) is 11.5 Å². The number of rotatable bonds is 0. The number of β-amino-alcohol motifs (C(OH)–C–C–N with tert-alkyl or cyclic N) is 2. The minimum absolute atomic E-state index is 0.233. The number of hydrogen-bond acceptors (Lipinski definition) is 4. The van der Waals surface area contributed by atoms with Crippen LogP contribution in [0.1, 0.15) is 27.2 Å². The number of likely N-dealkylation sites (tertiary alicyclic amines) is 1. The van der Waals surface area contributed by atoms with Gasteiger partial charge in [-0.25, -0.2) is 0 Å². The Morgan fingerprint density at radius 2 is 1.88 bits per heavy atom. The van der Waals surface area contributed by atoms with E-state index >= 15 is 0 Å². The number of piperidine rings is 1. The summed E-state index contributed by atoms with van der Waals surface area (Å²) in [6.07, 6.45) is 0.919. The Kier molecular flexibility index (Phi) is 4.32.